The van der Waals surface area contributed by atoms with Crippen molar-refractivity contribution < 1.29 is 24.3 Å². The third-order valence-corrected chi connectivity index (χ3v) is 4.21. The molecule has 1 aliphatic heterocycles. The highest BCUT2D eigenvalue weighted by Crippen LogP contribution is 2.11. The zero-order chi connectivity index (χ0) is 19.3. The lowest BCUT2D eigenvalue weighted by molar-refractivity contribution is -0.139. The Balaban J connectivity index is 1.83. The van der Waals surface area contributed by atoms with E-state index in [1.807, 2.05) is 0 Å². The summed E-state index contributed by atoms with van der Waals surface area (Å²) in [5.41, 5.74) is 6.31. The van der Waals surface area contributed by atoms with Crippen LogP contribution in [0.2, 0.25) is 0 Å². The molecule has 140 valence electrons. The number of nitrogens with zero attached hydrogens (tertiary/aromatic N) is 2. The normalized spacial score (nSPS) is 15.3. The van der Waals surface area contributed by atoms with Crippen molar-refractivity contribution in [2.45, 2.75) is 19.4 Å². The van der Waals surface area contributed by atoms with E-state index < -0.39 is 17.9 Å². The van der Waals surface area contributed by atoms with Crippen molar-refractivity contribution in [1.29, 1.82) is 0 Å². The second-order valence-electron chi connectivity index (χ2n) is 6.07. The molecule has 1 aromatic carbocycles. The third kappa shape index (κ3) is 5.03. The molecule has 0 aromatic heterocycles. The molecule has 3 amide bonds. The van der Waals surface area contributed by atoms with Crippen LogP contribution in [0, 0.1) is 0 Å². The summed E-state index contributed by atoms with van der Waals surface area (Å²) >= 11 is 0. The molecule has 1 aromatic rings. The lowest BCUT2D eigenvalue weighted by Crippen LogP contribution is -2.51. The Hall–Kier alpha value is -2.94. The number of aromatic carboxylic acids is 1. The molecule has 1 saturated heterocycles. The summed E-state index contributed by atoms with van der Waals surface area (Å²) in [5, 5.41) is 11.4. The molecular formula is C17H22N4O5. The Bertz CT molecular complexity index is 696. The number of carbonyl (C=O) groups is 4. The summed E-state index contributed by atoms with van der Waals surface area (Å²) in [5.74, 6) is -1.85. The molecule has 0 aliphatic carbocycles. The summed E-state index contributed by atoms with van der Waals surface area (Å²) < 4.78 is 0. The zero-order valence-corrected chi connectivity index (χ0v) is 14.5. The Kier molecular flexibility index (Phi) is 6.29. The van der Waals surface area contributed by atoms with Gasteiger partial charge in [0.2, 0.25) is 17.7 Å². The van der Waals surface area contributed by atoms with Gasteiger partial charge in [-0.25, -0.2) is 4.79 Å². The second-order valence-corrected chi connectivity index (χ2v) is 6.07. The first kappa shape index (κ1) is 19.4. The highest BCUT2D eigenvalue weighted by molar-refractivity contribution is 5.98. The maximum absolute atomic E-state index is 12.3. The van der Waals surface area contributed by atoms with Gasteiger partial charge in [0.1, 0.15) is 0 Å². The summed E-state index contributed by atoms with van der Waals surface area (Å²) in [6, 6.07) is 4.62. The highest BCUT2D eigenvalue weighted by Gasteiger charge is 2.25. The van der Waals surface area contributed by atoms with Crippen LogP contribution in [0.15, 0.2) is 24.3 Å². The summed E-state index contributed by atoms with van der Waals surface area (Å²) in [7, 11) is 0. The van der Waals surface area contributed by atoms with Crippen LogP contribution in [0.25, 0.3) is 0 Å². The summed E-state index contributed by atoms with van der Waals surface area (Å²) in [4.78, 5) is 49.7. The molecule has 0 spiro atoms. The third-order valence-electron chi connectivity index (χ3n) is 4.21. The first-order chi connectivity index (χ1) is 12.3. The lowest BCUT2D eigenvalue weighted by atomic mass is 10.1. The molecule has 1 fully saturated rings. The van der Waals surface area contributed by atoms with Crippen LogP contribution in [0.1, 0.15) is 23.7 Å². The molecule has 4 N–H and O–H groups in total. The standard InChI is InChI=1S/C17H22N4O5/c1-11(22)20-6-8-21(9-7-20)15(23)10-14(18)16(24)19-13-4-2-12(3-5-13)17(25)26/h2-5,14H,6-10,18H2,1H3,(H,19,24)(H,25,26)/t14-/m0/s1. The van der Waals surface area contributed by atoms with E-state index in [-0.39, 0.29) is 23.8 Å². The van der Waals surface area contributed by atoms with E-state index in [9.17, 15) is 19.2 Å². The molecule has 0 radical (unpaired) electrons. The second kappa shape index (κ2) is 8.43. The smallest absolute Gasteiger partial charge is 0.335 e. The summed E-state index contributed by atoms with van der Waals surface area (Å²) in [6.45, 7) is 3.27. The molecule has 1 aliphatic rings. The van der Waals surface area contributed by atoms with Gasteiger partial charge in [0.05, 0.1) is 18.0 Å². The SMILES string of the molecule is CC(=O)N1CCN(C(=O)C[C@H](N)C(=O)Nc2ccc(C(=O)O)cc2)CC1. The molecule has 9 nitrogen and oxygen atoms in total. The van der Waals surface area contributed by atoms with Gasteiger partial charge in [0.15, 0.2) is 0 Å². The maximum Gasteiger partial charge on any atom is 0.335 e. The largest absolute Gasteiger partial charge is 0.478 e. The molecular weight excluding hydrogens is 340 g/mol. The molecule has 0 bridgehead atoms. The number of amides is 3. The van der Waals surface area contributed by atoms with Gasteiger partial charge in [-0.2, -0.15) is 0 Å². The molecule has 1 atom stereocenters. The number of carboxylic acid groups (broad SMARTS) is 1. The minimum atomic E-state index is -1.06. The predicted molar refractivity (Wildman–Crippen MR) is 93.5 cm³/mol. The predicted octanol–water partition coefficient (Wildman–Crippen LogP) is -0.269. The van der Waals surface area contributed by atoms with Crippen molar-refractivity contribution in [2.24, 2.45) is 5.73 Å². The minimum Gasteiger partial charge on any atom is -0.478 e. The number of benzene rings is 1. The van der Waals surface area contributed by atoms with Gasteiger partial charge < -0.3 is 26.0 Å². The van der Waals surface area contributed by atoms with Crippen LogP contribution in [-0.4, -0.2) is 70.8 Å². The Morgan fingerprint density at radius 3 is 2.12 bits per heavy atom. The van der Waals surface area contributed by atoms with Gasteiger partial charge in [-0.3, -0.25) is 14.4 Å². The number of rotatable bonds is 5. The van der Waals surface area contributed by atoms with E-state index in [4.69, 9.17) is 10.8 Å². The number of nitrogens with one attached hydrogen (secondary N) is 1. The average molecular weight is 362 g/mol. The van der Waals surface area contributed by atoms with Crippen LogP contribution < -0.4 is 11.1 Å². The molecule has 9 heteroatoms. The highest BCUT2D eigenvalue weighted by atomic mass is 16.4. The number of carboxylic acids is 1. The molecule has 0 unspecified atom stereocenters. The number of anilines is 1. The van der Waals surface area contributed by atoms with E-state index in [2.05, 4.69) is 5.32 Å². The number of nitrogens with two attached hydrogens (primary N) is 1. The lowest BCUT2D eigenvalue weighted by Gasteiger charge is -2.34. The minimum absolute atomic E-state index is 0.0258. The van der Waals surface area contributed by atoms with Gasteiger partial charge in [-0.15, -0.1) is 0 Å². The number of hydrogen-bond acceptors (Lipinski definition) is 5. The van der Waals surface area contributed by atoms with Crippen molar-refractivity contribution >= 4 is 29.4 Å². The zero-order valence-electron chi connectivity index (χ0n) is 14.5. The average Bonchev–Trinajstić information content (AvgIpc) is 2.62. The van der Waals surface area contributed by atoms with Crippen molar-refractivity contribution in [2.75, 3.05) is 31.5 Å². The fourth-order valence-corrected chi connectivity index (χ4v) is 2.61. The topological polar surface area (TPSA) is 133 Å². The van der Waals surface area contributed by atoms with E-state index in [0.717, 1.165) is 0 Å². The fraction of sp³-hybridized carbons (Fsp3) is 0.412. The Labute approximate surface area is 150 Å². The van der Waals surface area contributed by atoms with Crippen LogP contribution in [0.3, 0.4) is 0 Å². The van der Waals surface area contributed by atoms with Crippen LogP contribution in [0.5, 0.6) is 0 Å². The van der Waals surface area contributed by atoms with E-state index in [1.165, 1.54) is 31.2 Å². The van der Waals surface area contributed by atoms with E-state index in [1.54, 1.807) is 9.80 Å². The van der Waals surface area contributed by atoms with Crippen molar-refractivity contribution in [3.05, 3.63) is 29.8 Å². The summed E-state index contributed by atoms with van der Waals surface area (Å²) in [6.07, 6.45) is -0.140. The van der Waals surface area contributed by atoms with Crippen LogP contribution in [0.4, 0.5) is 5.69 Å². The van der Waals surface area contributed by atoms with Crippen molar-refractivity contribution in [1.82, 2.24) is 9.80 Å². The van der Waals surface area contributed by atoms with Crippen LogP contribution >= 0.6 is 0 Å². The fourth-order valence-electron chi connectivity index (χ4n) is 2.61. The Morgan fingerprint density at radius 2 is 1.62 bits per heavy atom. The molecule has 2 rings (SSSR count). The maximum atomic E-state index is 12.3. The molecule has 1 heterocycles. The van der Waals surface area contributed by atoms with Gasteiger partial charge in [-0.05, 0) is 24.3 Å². The number of piperazine rings is 1. The van der Waals surface area contributed by atoms with E-state index in [0.29, 0.717) is 31.9 Å². The van der Waals surface area contributed by atoms with Gasteiger partial charge in [0, 0.05) is 38.8 Å². The first-order valence-electron chi connectivity index (χ1n) is 8.21. The van der Waals surface area contributed by atoms with Crippen LogP contribution in [-0.2, 0) is 14.4 Å². The monoisotopic (exact) mass is 362 g/mol. The van der Waals surface area contributed by atoms with E-state index >= 15 is 0 Å². The van der Waals surface area contributed by atoms with Gasteiger partial charge >= 0.3 is 5.97 Å². The number of carbonyl (C=O) groups excluding carboxylic acids is 3. The van der Waals surface area contributed by atoms with Crippen molar-refractivity contribution in [3.8, 4) is 0 Å². The van der Waals surface area contributed by atoms with Crippen molar-refractivity contribution in [3.63, 3.8) is 0 Å². The molecule has 0 saturated carbocycles. The van der Waals surface area contributed by atoms with Gasteiger partial charge in [-0.1, -0.05) is 0 Å². The first-order valence-corrected chi connectivity index (χ1v) is 8.21. The quantitative estimate of drug-likeness (QED) is 0.660. The van der Waals surface area contributed by atoms with Gasteiger partial charge in [0.25, 0.3) is 0 Å². The Morgan fingerprint density at radius 1 is 1.08 bits per heavy atom. The molecule has 26 heavy (non-hydrogen) atoms. The number of hydrogen-bond donors (Lipinski definition) is 3.